The number of rotatable bonds is 3. The Morgan fingerprint density at radius 2 is 2.00 bits per heavy atom. The van der Waals surface area contributed by atoms with Crippen molar-refractivity contribution in [3.63, 3.8) is 0 Å². The number of esters is 1. The first-order valence-electron chi connectivity index (χ1n) is 3.85. The van der Waals surface area contributed by atoms with Crippen molar-refractivity contribution in [1.29, 1.82) is 0 Å². The maximum Gasteiger partial charge on any atom is 0.309 e. The van der Waals surface area contributed by atoms with Gasteiger partial charge in [-0.1, -0.05) is 0 Å². The van der Waals surface area contributed by atoms with E-state index in [2.05, 4.69) is 4.74 Å². The summed E-state index contributed by atoms with van der Waals surface area (Å²) in [6.45, 7) is 5.82. The van der Waals surface area contributed by atoms with Gasteiger partial charge in [0.05, 0.1) is 25.4 Å². The van der Waals surface area contributed by atoms with Gasteiger partial charge in [-0.3, -0.25) is 4.79 Å². The van der Waals surface area contributed by atoms with Crippen LogP contribution in [0.5, 0.6) is 0 Å². The summed E-state index contributed by atoms with van der Waals surface area (Å²) >= 11 is 0. The molecular weight excluding hydrogens is 156 g/mol. The fourth-order valence-electron chi connectivity index (χ4n) is 0.480. The smallest absolute Gasteiger partial charge is 0.309 e. The fourth-order valence-corrected chi connectivity index (χ4v) is 0.480. The van der Waals surface area contributed by atoms with Crippen molar-refractivity contribution in [1.82, 2.24) is 0 Å². The van der Waals surface area contributed by atoms with Crippen LogP contribution in [0.2, 0.25) is 0 Å². The summed E-state index contributed by atoms with van der Waals surface area (Å²) in [4.78, 5) is 10.6. The van der Waals surface area contributed by atoms with Crippen LogP contribution in [0.3, 0.4) is 0 Å². The van der Waals surface area contributed by atoms with Crippen LogP contribution >= 0.6 is 0 Å². The Labute approximate surface area is 73.4 Å². The van der Waals surface area contributed by atoms with E-state index in [4.69, 9.17) is 4.74 Å². The second kappa shape index (κ2) is 4.80. The molecular formula is C9H16O3. The molecule has 0 amide bonds. The summed E-state index contributed by atoms with van der Waals surface area (Å²) in [6.07, 6.45) is 3.42. The number of hydrogen-bond donors (Lipinski definition) is 0. The van der Waals surface area contributed by atoms with Gasteiger partial charge in [-0.2, -0.15) is 0 Å². The Bertz CT molecular complexity index is 165. The molecule has 3 nitrogen and oxygen atoms in total. The first kappa shape index (κ1) is 11.0. The lowest BCUT2D eigenvalue weighted by Crippen LogP contribution is -2.15. The molecule has 0 radical (unpaired) electrons. The molecule has 0 aliphatic heterocycles. The van der Waals surface area contributed by atoms with Crippen LogP contribution in [0.1, 0.15) is 27.2 Å². The SMILES string of the molecule is COC(=O)C/C=C/OC(C)(C)C. The zero-order valence-corrected chi connectivity index (χ0v) is 8.09. The van der Waals surface area contributed by atoms with Gasteiger partial charge in [-0.05, 0) is 26.8 Å². The van der Waals surface area contributed by atoms with E-state index in [1.807, 2.05) is 20.8 Å². The van der Waals surface area contributed by atoms with Gasteiger partial charge in [-0.15, -0.1) is 0 Å². The van der Waals surface area contributed by atoms with Crippen LogP contribution in [0, 0.1) is 0 Å². The average Bonchev–Trinajstić information content (AvgIpc) is 1.96. The van der Waals surface area contributed by atoms with E-state index in [0.717, 1.165) is 0 Å². The van der Waals surface area contributed by atoms with Crippen molar-refractivity contribution in [2.45, 2.75) is 32.8 Å². The normalized spacial score (nSPS) is 11.7. The summed E-state index contributed by atoms with van der Waals surface area (Å²) < 4.78 is 9.67. The lowest BCUT2D eigenvalue weighted by Gasteiger charge is -2.17. The summed E-state index contributed by atoms with van der Waals surface area (Å²) in [5.41, 5.74) is -0.202. The molecule has 0 rings (SSSR count). The summed E-state index contributed by atoms with van der Waals surface area (Å²) in [7, 11) is 1.36. The summed E-state index contributed by atoms with van der Waals surface area (Å²) in [5, 5.41) is 0. The van der Waals surface area contributed by atoms with Crippen LogP contribution < -0.4 is 0 Å². The molecule has 12 heavy (non-hydrogen) atoms. The Kier molecular flexibility index (Phi) is 4.40. The number of carbonyl (C=O) groups excluding carboxylic acids is 1. The molecule has 0 bridgehead atoms. The van der Waals surface area contributed by atoms with Gasteiger partial charge in [0, 0.05) is 0 Å². The van der Waals surface area contributed by atoms with Gasteiger partial charge in [-0.25, -0.2) is 0 Å². The van der Waals surface area contributed by atoms with Crippen molar-refractivity contribution in [2.75, 3.05) is 7.11 Å². The molecule has 0 aromatic rings. The minimum absolute atomic E-state index is 0.202. The Hall–Kier alpha value is -0.990. The maximum absolute atomic E-state index is 10.6. The minimum atomic E-state index is -0.260. The van der Waals surface area contributed by atoms with E-state index < -0.39 is 0 Å². The predicted molar refractivity (Wildman–Crippen MR) is 46.6 cm³/mol. The van der Waals surface area contributed by atoms with Crippen molar-refractivity contribution < 1.29 is 14.3 Å². The highest BCUT2D eigenvalue weighted by Gasteiger charge is 2.07. The highest BCUT2D eigenvalue weighted by Crippen LogP contribution is 2.06. The molecule has 0 aromatic heterocycles. The van der Waals surface area contributed by atoms with Crippen LogP contribution in [-0.4, -0.2) is 18.7 Å². The van der Waals surface area contributed by atoms with Gasteiger partial charge in [0.15, 0.2) is 0 Å². The summed E-state index contributed by atoms with van der Waals surface area (Å²) in [5.74, 6) is -0.260. The molecule has 0 aliphatic rings. The first-order valence-corrected chi connectivity index (χ1v) is 3.85. The third-order valence-corrected chi connectivity index (χ3v) is 1.03. The number of hydrogen-bond acceptors (Lipinski definition) is 3. The molecule has 0 aliphatic carbocycles. The topological polar surface area (TPSA) is 35.5 Å². The molecule has 0 saturated heterocycles. The van der Waals surface area contributed by atoms with E-state index in [9.17, 15) is 4.79 Å². The van der Waals surface area contributed by atoms with Crippen molar-refractivity contribution in [3.05, 3.63) is 12.3 Å². The molecule has 0 fully saturated rings. The quantitative estimate of drug-likeness (QED) is 0.481. The molecule has 0 unspecified atom stereocenters. The Morgan fingerprint density at radius 1 is 1.42 bits per heavy atom. The predicted octanol–water partition coefficient (Wildman–Crippen LogP) is 1.88. The van der Waals surface area contributed by atoms with Gasteiger partial charge in [0.2, 0.25) is 0 Å². The average molecular weight is 172 g/mol. The number of carbonyl (C=O) groups is 1. The van der Waals surface area contributed by atoms with E-state index in [1.165, 1.54) is 13.4 Å². The van der Waals surface area contributed by atoms with E-state index in [-0.39, 0.29) is 18.0 Å². The highest BCUT2D eigenvalue weighted by atomic mass is 16.5. The van der Waals surface area contributed by atoms with E-state index >= 15 is 0 Å². The lowest BCUT2D eigenvalue weighted by atomic mass is 10.2. The second-order valence-electron chi connectivity index (χ2n) is 3.38. The third kappa shape index (κ3) is 7.12. The Balaban J connectivity index is 3.58. The Morgan fingerprint density at radius 3 is 2.42 bits per heavy atom. The van der Waals surface area contributed by atoms with Gasteiger partial charge in [0.25, 0.3) is 0 Å². The van der Waals surface area contributed by atoms with E-state index in [1.54, 1.807) is 6.08 Å². The second-order valence-corrected chi connectivity index (χ2v) is 3.38. The zero-order chi connectivity index (χ0) is 9.61. The monoisotopic (exact) mass is 172 g/mol. The molecule has 0 heterocycles. The number of ether oxygens (including phenoxy) is 2. The molecule has 70 valence electrons. The van der Waals surface area contributed by atoms with Crippen LogP contribution in [-0.2, 0) is 14.3 Å². The fraction of sp³-hybridized carbons (Fsp3) is 0.667. The summed E-state index contributed by atoms with van der Waals surface area (Å²) in [6, 6.07) is 0. The zero-order valence-electron chi connectivity index (χ0n) is 8.09. The molecule has 0 saturated carbocycles. The standard InChI is InChI=1S/C9H16O3/c1-9(2,3)12-7-5-6-8(10)11-4/h5,7H,6H2,1-4H3/b7-5+. The third-order valence-electron chi connectivity index (χ3n) is 1.03. The van der Waals surface area contributed by atoms with Crippen molar-refractivity contribution >= 4 is 5.97 Å². The van der Waals surface area contributed by atoms with Crippen molar-refractivity contribution in [3.8, 4) is 0 Å². The van der Waals surface area contributed by atoms with Crippen molar-refractivity contribution in [2.24, 2.45) is 0 Å². The molecule has 0 N–H and O–H groups in total. The van der Waals surface area contributed by atoms with Crippen LogP contribution in [0.4, 0.5) is 0 Å². The van der Waals surface area contributed by atoms with Crippen LogP contribution in [0.15, 0.2) is 12.3 Å². The van der Waals surface area contributed by atoms with Crippen LogP contribution in [0.25, 0.3) is 0 Å². The molecule has 0 atom stereocenters. The van der Waals surface area contributed by atoms with Gasteiger partial charge < -0.3 is 9.47 Å². The van der Waals surface area contributed by atoms with E-state index in [0.29, 0.717) is 0 Å². The number of methoxy groups -OCH3 is 1. The largest absolute Gasteiger partial charge is 0.496 e. The maximum atomic E-state index is 10.6. The minimum Gasteiger partial charge on any atom is -0.496 e. The first-order chi connectivity index (χ1) is 5.45. The lowest BCUT2D eigenvalue weighted by molar-refractivity contribution is -0.139. The van der Waals surface area contributed by atoms with Gasteiger partial charge >= 0.3 is 5.97 Å². The molecule has 0 aromatic carbocycles. The van der Waals surface area contributed by atoms with Gasteiger partial charge in [0.1, 0.15) is 0 Å². The highest BCUT2D eigenvalue weighted by molar-refractivity contribution is 5.70. The molecule has 3 heteroatoms. The molecule has 0 spiro atoms.